The van der Waals surface area contributed by atoms with Crippen molar-refractivity contribution in [3.63, 3.8) is 0 Å². The molecule has 1 heterocycles. The van der Waals surface area contributed by atoms with E-state index in [4.69, 9.17) is 19.9 Å². The third-order valence-corrected chi connectivity index (χ3v) is 4.94. The summed E-state index contributed by atoms with van der Waals surface area (Å²) in [5.41, 5.74) is 8.27. The van der Waals surface area contributed by atoms with Crippen molar-refractivity contribution >= 4 is 5.97 Å². The van der Waals surface area contributed by atoms with Crippen LogP contribution >= 0.6 is 0 Å². The molecule has 0 spiro atoms. The SMILES string of the molecule is CC[C@@H](Oc1nc(Oc2cc(OCC(C)C)cc(-c3cccc(CN)c3)c2)c(F)cc1F)C(=O)O. The lowest BCUT2D eigenvalue weighted by Gasteiger charge is -2.16. The zero-order valence-corrected chi connectivity index (χ0v) is 19.8. The predicted molar refractivity (Wildman–Crippen MR) is 127 cm³/mol. The minimum absolute atomic E-state index is 0.0600. The molecule has 0 unspecified atom stereocenters. The van der Waals surface area contributed by atoms with E-state index < -0.39 is 35.5 Å². The smallest absolute Gasteiger partial charge is 0.344 e. The fourth-order valence-corrected chi connectivity index (χ4v) is 3.16. The van der Waals surface area contributed by atoms with Gasteiger partial charge in [0.25, 0.3) is 11.8 Å². The van der Waals surface area contributed by atoms with Crippen LogP contribution in [0.2, 0.25) is 0 Å². The molecule has 0 saturated carbocycles. The predicted octanol–water partition coefficient (Wildman–Crippen LogP) is 5.55. The van der Waals surface area contributed by atoms with E-state index in [1.165, 1.54) is 0 Å². The fourth-order valence-electron chi connectivity index (χ4n) is 3.16. The lowest BCUT2D eigenvalue weighted by molar-refractivity contribution is -0.145. The van der Waals surface area contributed by atoms with Gasteiger partial charge in [0.1, 0.15) is 11.5 Å². The summed E-state index contributed by atoms with van der Waals surface area (Å²) >= 11 is 0. The highest BCUT2D eigenvalue weighted by molar-refractivity contribution is 5.72. The van der Waals surface area contributed by atoms with Crippen LogP contribution in [0.3, 0.4) is 0 Å². The van der Waals surface area contributed by atoms with Crippen LogP contribution in [0, 0.1) is 17.6 Å². The second-order valence-electron chi connectivity index (χ2n) is 8.32. The molecule has 0 saturated heterocycles. The largest absolute Gasteiger partial charge is 0.493 e. The van der Waals surface area contributed by atoms with Crippen molar-refractivity contribution in [2.45, 2.75) is 39.8 Å². The van der Waals surface area contributed by atoms with E-state index in [-0.39, 0.29) is 18.1 Å². The number of carbonyl (C=O) groups is 1. The number of nitrogens with zero attached hydrogens (tertiary/aromatic N) is 1. The molecule has 0 aliphatic rings. The standard InChI is InChI=1S/C26H28F2N2O5/c1-4-23(26(31)32)35-25-22(28)12-21(27)24(30-25)34-20-10-18(9-19(11-20)33-14-15(2)3)17-7-5-6-16(8-17)13-29/h5-12,15,23H,4,13-14,29H2,1-3H3,(H,31,32)/t23-/m1/s1. The van der Waals surface area contributed by atoms with Gasteiger partial charge < -0.3 is 25.1 Å². The molecule has 0 aliphatic heterocycles. The van der Waals surface area contributed by atoms with Gasteiger partial charge in [-0.1, -0.05) is 39.0 Å². The van der Waals surface area contributed by atoms with Crippen LogP contribution in [0.1, 0.15) is 32.8 Å². The maximum Gasteiger partial charge on any atom is 0.344 e. The minimum Gasteiger partial charge on any atom is -0.493 e. The second kappa shape index (κ2) is 11.6. The van der Waals surface area contributed by atoms with Crippen molar-refractivity contribution in [1.82, 2.24) is 4.98 Å². The van der Waals surface area contributed by atoms with Crippen molar-refractivity contribution < 1.29 is 32.9 Å². The lowest BCUT2D eigenvalue weighted by atomic mass is 10.0. The molecule has 3 aromatic rings. The van der Waals surface area contributed by atoms with E-state index in [9.17, 15) is 18.7 Å². The number of ether oxygens (including phenoxy) is 3. The molecule has 3 rings (SSSR count). The Hall–Kier alpha value is -3.72. The quantitative estimate of drug-likeness (QED) is 0.366. The second-order valence-corrected chi connectivity index (χ2v) is 8.32. The summed E-state index contributed by atoms with van der Waals surface area (Å²) in [7, 11) is 0. The molecule has 0 radical (unpaired) electrons. The van der Waals surface area contributed by atoms with E-state index in [1.807, 2.05) is 44.2 Å². The maximum atomic E-state index is 14.5. The number of hydrogen-bond acceptors (Lipinski definition) is 6. The van der Waals surface area contributed by atoms with Gasteiger partial charge in [-0.3, -0.25) is 0 Å². The molecule has 0 bridgehead atoms. The first-order valence-electron chi connectivity index (χ1n) is 11.2. The molecule has 35 heavy (non-hydrogen) atoms. The van der Waals surface area contributed by atoms with E-state index in [0.717, 1.165) is 16.7 Å². The minimum atomic E-state index is -1.34. The van der Waals surface area contributed by atoms with Gasteiger partial charge in [-0.15, -0.1) is 0 Å². The Morgan fingerprint density at radius 3 is 2.40 bits per heavy atom. The van der Waals surface area contributed by atoms with Crippen LogP contribution in [-0.2, 0) is 11.3 Å². The molecule has 186 valence electrons. The first-order valence-corrected chi connectivity index (χ1v) is 11.2. The molecule has 9 heteroatoms. The summed E-state index contributed by atoms with van der Waals surface area (Å²) in [6.45, 7) is 6.38. The van der Waals surface area contributed by atoms with Crippen LogP contribution in [0.4, 0.5) is 8.78 Å². The first kappa shape index (κ1) is 25.9. The van der Waals surface area contributed by atoms with Crippen molar-refractivity contribution in [3.05, 3.63) is 65.7 Å². The van der Waals surface area contributed by atoms with Gasteiger partial charge in [-0.05, 0) is 47.2 Å². The maximum absolute atomic E-state index is 14.5. The molecular formula is C26H28F2N2O5. The lowest BCUT2D eigenvalue weighted by Crippen LogP contribution is -2.26. The molecule has 0 fully saturated rings. The van der Waals surface area contributed by atoms with Gasteiger partial charge in [-0.2, -0.15) is 4.98 Å². The van der Waals surface area contributed by atoms with Gasteiger partial charge in [0, 0.05) is 18.7 Å². The summed E-state index contributed by atoms with van der Waals surface area (Å²) in [4.78, 5) is 15.0. The molecule has 0 aliphatic carbocycles. The van der Waals surface area contributed by atoms with Crippen LogP contribution in [0.5, 0.6) is 23.3 Å². The van der Waals surface area contributed by atoms with E-state index in [1.54, 1.807) is 19.1 Å². The van der Waals surface area contributed by atoms with Crippen LogP contribution in [-0.4, -0.2) is 28.8 Å². The molecular weight excluding hydrogens is 458 g/mol. The number of aromatic nitrogens is 1. The molecule has 0 amide bonds. The number of benzene rings is 2. The Kier molecular flexibility index (Phi) is 8.59. The van der Waals surface area contributed by atoms with Gasteiger partial charge in [-0.25, -0.2) is 13.6 Å². The Morgan fingerprint density at radius 1 is 1.03 bits per heavy atom. The normalized spacial score (nSPS) is 11.9. The zero-order valence-electron chi connectivity index (χ0n) is 19.8. The van der Waals surface area contributed by atoms with Crippen LogP contribution < -0.4 is 19.9 Å². The van der Waals surface area contributed by atoms with Gasteiger partial charge in [0.05, 0.1) is 6.61 Å². The average Bonchev–Trinajstić information content (AvgIpc) is 2.83. The van der Waals surface area contributed by atoms with Gasteiger partial charge in [0.15, 0.2) is 17.7 Å². The number of hydrogen-bond donors (Lipinski definition) is 2. The van der Waals surface area contributed by atoms with Crippen LogP contribution in [0.15, 0.2) is 48.5 Å². The number of carboxylic acids is 1. The van der Waals surface area contributed by atoms with Crippen molar-refractivity contribution in [2.24, 2.45) is 11.7 Å². The highest BCUT2D eigenvalue weighted by Gasteiger charge is 2.22. The monoisotopic (exact) mass is 486 g/mol. The number of nitrogens with two attached hydrogens (primary N) is 1. The van der Waals surface area contributed by atoms with Crippen molar-refractivity contribution in [3.8, 4) is 34.4 Å². The Labute approximate surface area is 202 Å². The Balaban J connectivity index is 1.99. The Bertz CT molecular complexity index is 1190. The number of carboxylic acid groups (broad SMARTS) is 1. The summed E-state index contributed by atoms with van der Waals surface area (Å²) in [6.07, 6.45) is -1.28. The zero-order chi connectivity index (χ0) is 25.5. The first-order chi connectivity index (χ1) is 16.7. The van der Waals surface area contributed by atoms with Gasteiger partial charge in [0.2, 0.25) is 0 Å². The van der Waals surface area contributed by atoms with Crippen molar-refractivity contribution in [1.29, 1.82) is 0 Å². The molecule has 1 aromatic heterocycles. The van der Waals surface area contributed by atoms with E-state index >= 15 is 0 Å². The topological polar surface area (TPSA) is 104 Å². The van der Waals surface area contributed by atoms with Gasteiger partial charge >= 0.3 is 5.97 Å². The number of rotatable bonds is 11. The third-order valence-electron chi connectivity index (χ3n) is 4.94. The van der Waals surface area contributed by atoms with Crippen molar-refractivity contribution in [2.75, 3.05) is 6.61 Å². The fraction of sp³-hybridized carbons (Fsp3) is 0.308. The number of pyridine rings is 1. The number of aliphatic carboxylic acids is 1. The van der Waals surface area contributed by atoms with Crippen LogP contribution in [0.25, 0.3) is 11.1 Å². The molecule has 3 N–H and O–H groups in total. The summed E-state index contributed by atoms with van der Waals surface area (Å²) in [5.74, 6) is -3.79. The third kappa shape index (κ3) is 6.89. The highest BCUT2D eigenvalue weighted by Crippen LogP contribution is 2.34. The molecule has 1 atom stereocenters. The summed E-state index contributed by atoms with van der Waals surface area (Å²) in [5, 5.41) is 9.18. The highest BCUT2D eigenvalue weighted by atomic mass is 19.1. The average molecular weight is 487 g/mol. The Morgan fingerprint density at radius 2 is 1.74 bits per heavy atom. The molecule has 2 aromatic carbocycles. The summed E-state index contributed by atoms with van der Waals surface area (Å²) < 4.78 is 45.4. The summed E-state index contributed by atoms with van der Waals surface area (Å²) in [6, 6.07) is 13.2. The molecule has 7 nitrogen and oxygen atoms in total. The number of halogens is 2. The van der Waals surface area contributed by atoms with E-state index in [0.29, 0.717) is 25.0 Å². The van der Waals surface area contributed by atoms with E-state index in [2.05, 4.69) is 4.98 Å².